The summed E-state index contributed by atoms with van der Waals surface area (Å²) >= 11 is 0. The van der Waals surface area contributed by atoms with Gasteiger partial charge in [0.1, 0.15) is 11.6 Å². The van der Waals surface area contributed by atoms with Gasteiger partial charge in [-0.05, 0) is 30.7 Å². The van der Waals surface area contributed by atoms with Gasteiger partial charge in [-0.15, -0.1) is 0 Å². The Labute approximate surface area is 117 Å². The van der Waals surface area contributed by atoms with Crippen LogP contribution in [0.4, 0.5) is 5.82 Å². The predicted octanol–water partition coefficient (Wildman–Crippen LogP) is 2.39. The number of carbonyl (C=O) groups excluding carboxylic acids is 1. The number of methoxy groups -OCH3 is 1. The molecule has 1 amide bonds. The van der Waals surface area contributed by atoms with Gasteiger partial charge in [-0.3, -0.25) is 9.48 Å². The number of anilines is 1. The van der Waals surface area contributed by atoms with E-state index >= 15 is 0 Å². The number of hydrogen-bond donors (Lipinski definition) is 1. The Balaban J connectivity index is 1.99. The predicted molar refractivity (Wildman–Crippen MR) is 78.6 cm³/mol. The van der Waals surface area contributed by atoms with Gasteiger partial charge in [0.25, 0.3) is 0 Å². The smallest absolute Gasteiger partial charge is 0.249 e. The van der Waals surface area contributed by atoms with E-state index in [1.807, 2.05) is 37.3 Å². The van der Waals surface area contributed by atoms with E-state index < -0.39 is 0 Å². The topological polar surface area (TPSA) is 56.1 Å². The van der Waals surface area contributed by atoms with Gasteiger partial charge in [0.2, 0.25) is 5.91 Å². The van der Waals surface area contributed by atoms with Gasteiger partial charge in [-0.25, -0.2) is 0 Å². The lowest BCUT2D eigenvalue weighted by Gasteiger charge is -2.01. The standard InChI is InChI=1S/C15H17N3O2/c1-11-10-14(18(2)17-11)16-15(19)9-6-12-4-7-13(20-3)8-5-12/h4-10H,1-3H3,(H,16,19)/b9-6+. The number of aryl methyl sites for hydroxylation is 2. The summed E-state index contributed by atoms with van der Waals surface area (Å²) in [7, 11) is 3.41. The third-order valence-electron chi connectivity index (χ3n) is 2.80. The van der Waals surface area contributed by atoms with E-state index in [2.05, 4.69) is 10.4 Å². The molecule has 0 unspecified atom stereocenters. The Morgan fingerprint density at radius 2 is 2.05 bits per heavy atom. The number of carbonyl (C=O) groups is 1. The molecule has 0 aliphatic heterocycles. The Morgan fingerprint density at radius 3 is 2.60 bits per heavy atom. The molecule has 0 aliphatic carbocycles. The van der Waals surface area contributed by atoms with Crippen molar-refractivity contribution < 1.29 is 9.53 Å². The molecule has 0 aliphatic rings. The van der Waals surface area contributed by atoms with Gasteiger partial charge in [0.15, 0.2) is 0 Å². The van der Waals surface area contributed by atoms with Crippen molar-refractivity contribution >= 4 is 17.8 Å². The highest BCUT2D eigenvalue weighted by molar-refractivity contribution is 6.01. The van der Waals surface area contributed by atoms with Crippen LogP contribution in [0.5, 0.6) is 5.75 Å². The van der Waals surface area contributed by atoms with Gasteiger partial charge in [-0.2, -0.15) is 5.10 Å². The molecular formula is C15H17N3O2. The van der Waals surface area contributed by atoms with Gasteiger partial charge in [-0.1, -0.05) is 12.1 Å². The second-order valence-electron chi connectivity index (χ2n) is 4.39. The summed E-state index contributed by atoms with van der Waals surface area (Å²) < 4.78 is 6.71. The normalized spacial score (nSPS) is 10.8. The molecule has 20 heavy (non-hydrogen) atoms. The molecule has 1 aromatic heterocycles. The third kappa shape index (κ3) is 3.47. The maximum atomic E-state index is 11.8. The van der Waals surface area contributed by atoms with Crippen LogP contribution < -0.4 is 10.1 Å². The average Bonchev–Trinajstić information content (AvgIpc) is 2.75. The number of ether oxygens (including phenoxy) is 1. The van der Waals surface area contributed by atoms with Crippen molar-refractivity contribution in [2.24, 2.45) is 7.05 Å². The number of aromatic nitrogens is 2. The molecule has 0 saturated heterocycles. The lowest BCUT2D eigenvalue weighted by atomic mass is 10.2. The fraction of sp³-hybridized carbons (Fsp3) is 0.200. The SMILES string of the molecule is COc1ccc(/C=C/C(=O)Nc2cc(C)nn2C)cc1. The van der Waals surface area contributed by atoms with Crippen molar-refractivity contribution in [3.05, 3.63) is 47.7 Å². The largest absolute Gasteiger partial charge is 0.497 e. The van der Waals surface area contributed by atoms with Crippen LogP contribution in [0.2, 0.25) is 0 Å². The quantitative estimate of drug-likeness (QED) is 0.869. The summed E-state index contributed by atoms with van der Waals surface area (Å²) in [5.74, 6) is 1.27. The molecule has 0 spiro atoms. The van der Waals surface area contributed by atoms with E-state index in [9.17, 15) is 4.79 Å². The first kappa shape index (κ1) is 13.9. The molecule has 0 radical (unpaired) electrons. The van der Waals surface area contributed by atoms with E-state index in [-0.39, 0.29) is 5.91 Å². The van der Waals surface area contributed by atoms with E-state index in [1.165, 1.54) is 6.08 Å². The molecular weight excluding hydrogens is 254 g/mol. The first-order chi connectivity index (χ1) is 9.58. The fourth-order valence-corrected chi connectivity index (χ4v) is 1.78. The third-order valence-corrected chi connectivity index (χ3v) is 2.80. The maximum absolute atomic E-state index is 11.8. The molecule has 0 atom stereocenters. The highest BCUT2D eigenvalue weighted by atomic mass is 16.5. The van der Waals surface area contributed by atoms with Gasteiger partial charge in [0.05, 0.1) is 12.8 Å². The number of nitrogens with one attached hydrogen (secondary N) is 1. The summed E-state index contributed by atoms with van der Waals surface area (Å²) in [6.07, 6.45) is 3.24. The Morgan fingerprint density at radius 1 is 1.35 bits per heavy atom. The van der Waals surface area contributed by atoms with Crippen molar-refractivity contribution in [3.63, 3.8) is 0 Å². The number of benzene rings is 1. The summed E-state index contributed by atoms with van der Waals surface area (Å²) in [6, 6.07) is 9.29. The van der Waals surface area contributed by atoms with Crippen molar-refractivity contribution in [3.8, 4) is 5.75 Å². The molecule has 2 aromatic rings. The molecule has 5 heteroatoms. The van der Waals surface area contributed by atoms with Crippen molar-refractivity contribution in [1.82, 2.24) is 9.78 Å². The van der Waals surface area contributed by atoms with Gasteiger partial charge in [0, 0.05) is 19.2 Å². The van der Waals surface area contributed by atoms with Gasteiger partial charge >= 0.3 is 0 Å². The lowest BCUT2D eigenvalue weighted by Crippen LogP contribution is -2.11. The molecule has 104 valence electrons. The van der Waals surface area contributed by atoms with Crippen LogP contribution in [0.3, 0.4) is 0 Å². The van der Waals surface area contributed by atoms with Crippen molar-refractivity contribution in [2.75, 3.05) is 12.4 Å². The van der Waals surface area contributed by atoms with Crippen LogP contribution in [0.25, 0.3) is 6.08 Å². The average molecular weight is 271 g/mol. The molecule has 0 saturated carbocycles. The number of rotatable bonds is 4. The lowest BCUT2D eigenvalue weighted by molar-refractivity contribution is -0.111. The second kappa shape index (κ2) is 6.06. The van der Waals surface area contributed by atoms with Crippen LogP contribution in [0.15, 0.2) is 36.4 Å². The molecule has 1 N–H and O–H groups in total. The second-order valence-corrected chi connectivity index (χ2v) is 4.39. The zero-order valence-electron chi connectivity index (χ0n) is 11.8. The first-order valence-corrected chi connectivity index (χ1v) is 6.22. The first-order valence-electron chi connectivity index (χ1n) is 6.22. The minimum atomic E-state index is -0.191. The van der Waals surface area contributed by atoms with E-state index in [0.717, 1.165) is 17.0 Å². The maximum Gasteiger partial charge on any atom is 0.249 e. The summed E-state index contributed by atoms with van der Waals surface area (Å²) in [5.41, 5.74) is 1.80. The van der Waals surface area contributed by atoms with Crippen LogP contribution in [-0.2, 0) is 11.8 Å². The minimum absolute atomic E-state index is 0.191. The highest BCUT2D eigenvalue weighted by Gasteiger charge is 2.03. The molecule has 1 heterocycles. The summed E-state index contributed by atoms with van der Waals surface area (Å²) in [4.78, 5) is 11.8. The van der Waals surface area contributed by atoms with Crippen LogP contribution in [0.1, 0.15) is 11.3 Å². The molecule has 0 bridgehead atoms. The Kier molecular flexibility index (Phi) is 4.20. The zero-order chi connectivity index (χ0) is 14.5. The Bertz CT molecular complexity index is 627. The van der Waals surface area contributed by atoms with E-state index in [1.54, 1.807) is 24.9 Å². The summed E-state index contributed by atoms with van der Waals surface area (Å²) in [5, 5.41) is 6.94. The van der Waals surface area contributed by atoms with Crippen molar-refractivity contribution in [1.29, 1.82) is 0 Å². The fourth-order valence-electron chi connectivity index (χ4n) is 1.78. The van der Waals surface area contributed by atoms with E-state index in [0.29, 0.717) is 5.82 Å². The van der Waals surface area contributed by atoms with Crippen LogP contribution in [-0.4, -0.2) is 22.8 Å². The van der Waals surface area contributed by atoms with E-state index in [4.69, 9.17) is 4.74 Å². The molecule has 5 nitrogen and oxygen atoms in total. The van der Waals surface area contributed by atoms with Crippen LogP contribution >= 0.6 is 0 Å². The number of nitrogens with zero attached hydrogens (tertiary/aromatic N) is 2. The zero-order valence-corrected chi connectivity index (χ0v) is 11.8. The molecule has 0 fully saturated rings. The van der Waals surface area contributed by atoms with Crippen LogP contribution in [0, 0.1) is 6.92 Å². The van der Waals surface area contributed by atoms with Crippen molar-refractivity contribution in [2.45, 2.75) is 6.92 Å². The van der Waals surface area contributed by atoms with Gasteiger partial charge < -0.3 is 10.1 Å². The number of amides is 1. The monoisotopic (exact) mass is 271 g/mol. The summed E-state index contributed by atoms with van der Waals surface area (Å²) in [6.45, 7) is 1.88. The molecule has 2 rings (SSSR count). The Hall–Kier alpha value is -2.56. The minimum Gasteiger partial charge on any atom is -0.497 e. The number of hydrogen-bond acceptors (Lipinski definition) is 3. The molecule has 1 aromatic carbocycles. The highest BCUT2D eigenvalue weighted by Crippen LogP contribution is 2.12.